The van der Waals surface area contributed by atoms with Crippen LogP contribution < -0.4 is 37.2 Å². The largest absolute Gasteiger partial charge is 0.481 e. The molecule has 2 rings (SSSR count). The first-order valence-electron chi connectivity index (χ1n) is 15.8. The molecule has 2 aromatic rings. The lowest BCUT2D eigenvalue weighted by atomic mass is 9.98. The van der Waals surface area contributed by atoms with E-state index in [1.165, 1.54) is 0 Å². The van der Waals surface area contributed by atoms with E-state index < -0.39 is 116 Å². The standard InChI is InChI=1S/C30H45N9O11/c1-5-16(4)25(30(48)49)36-27(45)19(10-11-23(42)43)33-28(46)20(14-50-39-21-9-7-6-8-18(21)37-38-39)34-29(47)24(15(2)3)35-22(41)12-32-26(44)17(31)13-40/h6-9,15-17,19-20,24-25,40H,5,10-14,31H2,1-4H3,(H,32,44)(H,33,46)(H,34,47)(H,35,41)(H,36,45)(H,42,43)(H,48,49)/t16-,17-,19-,20-,24-,25-/m0/s1. The molecule has 0 saturated carbocycles. The number of amides is 5. The van der Waals surface area contributed by atoms with Crippen LogP contribution in [0.5, 0.6) is 0 Å². The molecule has 20 nitrogen and oxygen atoms in total. The summed E-state index contributed by atoms with van der Waals surface area (Å²) in [6, 6.07) is -0.309. The van der Waals surface area contributed by atoms with Gasteiger partial charge in [0.05, 0.1) is 13.2 Å². The average Bonchev–Trinajstić information content (AvgIpc) is 3.49. The van der Waals surface area contributed by atoms with E-state index in [4.69, 9.17) is 15.7 Å². The lowest BCUT2D eigenvalue weighted by molar-refractivity contribution is -0.144. The summed E-state index contributed by atoms with van der Waals surface area (Å²) < 4.78 is 0. The van der Waals surface area contributed by atoms with Crippen LogP contribution in [-0.4, -0.2) is 122 Å². The van der Waals surface area contributed by atoms with Crippen LogP contribution in [0.15, 0.2) is 24.3 Å². The monoisotopic (exact) mass is 707 g/mol. The van der Waals surface area contributed by atoms with E-state index in [-0.39, 0.29) is 0 Å². The summed E-state index contributed by atoms with van der Waals surface area (Å²) in [6.45, 7) is 4.68. The normalized spacial score (nSPS) is 14.7. The van der Waals surface area contributed by atoms with Crippen molar-refractivity contribution < 1.29 is 53.7 Å². The molecular weight excluding hydrogens is 662 g/mol. The van der Waals surface area contributed by atoms with Crippen molar-refractivity contribution in [3.63, 3.8) is 0 Å². The molecule has 20 heteroatoms. The first kappa shape index (κ1) is 40.8. The van der Waals surface area contributed by atoms with Crippen molar-refractivity contribution in [1.29, 1.82) is 0 Å². The molecule has 276 valence electrons. The third kappa shape index (κ3) is 12.3. The number of carbonyl (C=O) groups excluding carboxylic acids is 5. The van der Waals surface area contributed by atoms with Gasteiger partial charge in [-0.05, 0) is 35.6 Å². The molecule has 0 aliphatic heterocycles. The summed E-state index contributed by atoms with van der Waals surface area (Å²) in [7, 11) is 0. The van der Waals surface area contributed by atoms with Gasteiger partial charge in [0, 0.05) is 6.42 Å². The smallest absolute Gasteiger partial charge is 0.326 e. The Morgan fingerprint density at radius 1 is 0.880 bits per heavy atom. The zero-order chi connectivity index (χ0) is 37.5. The number of rotatable bonds is 21. The van der Waals surface area contributed by atoms with Gasteiger partial charge in [-0.1, -0.05) is 51.1 Å². The molecule has 0 fully saturated rings. The van der Waals surface area contributed by atoms with E-state index in [2.05, 4.69) is 36.9 Å². The van der Waals surface area contributed by atoms with Crippen LogP contribution >= 0.6 is 0 Å². The van der Waals surface area contributed by atoms with Gasteiger partial charge in [0.1, 0.15) is 47.8 Å². The average molecular weight is 708 g/mol. The minimum atomic E-state index is -1.59. The van der Waals surface area contributed by atoms with E-state index in [9.17, 15) is 43.8 Å². The molecule has 10 N–H and O–H groups in total. The molecule has 0 aliphatic carbocycles. The highest BCUT2D eigenvalue weighted by atomic mass is 16.7. The summed E-state index contributed by atoms with van der Waals surface area (Å²) in [4.78, 5) is 94.8. The SMILES string of the molecule is CC[C@H](C)[C@H](NC(=O)[C@H](CCC(=O)O)NC(=O)[C@H](COn1nnc2ccccc21)NC(=O)[C@@H](NC(=O)CNC(=O)[C@@H](N)CO)C(C)C)C(=O)O. The number of aliphatic hydroxyl groups excluding tert-OH is 1. The third-order valence-electron chi connectivity index (χ3n) is 7.60. The number of nitrogens with zero attached hydrogens (tertiary/aromatic N) is 3. The highest BCUT2D eigenvalue weighted by Crippen LogP contribution is 2.11. The van der Waals surface area contributed by atoms with Crippen LogP contribution in [-0.2, 0) is 33.6 Å². The molecule has 6 atom stereocenters. The molecule has 0 saturated heterocycles. The minimum Gasteiger partial charge on any atom is -0.481 e. The molecule has 1 heterocycles. The first-order valence-corrected chi connectivity index (χ1v) is 15.8. The Hall–Kier alpha value is -5.37. The lowest BCUT2D eigenvalue weighted by Crippen LogP contribution is -2.60. The van der Waals surface area contributed by atoms with Crippen molar-refractivity contribution in [3.05, 3.63) is 24.3 Å². The molecular formula is C30H45N9O11. The molecule has 0 spiro atoms. The molecule has 1 aromatic carbocycles. The Morgan fingerprint density at radius 3 is 2.12 bits per heavy atom. The second kappa shape index (κ2) is 19.6. The highest BCUT2D eigenvalue weighted by Gasteiger charge is 2.34. The zero-order valence-corrected chi connectivity index (χ0v) is 28.1. The number of hydrogen-bond acceptors (Lipinski definition) is 12. The summed E-state index contributed by atoms with van der Waals surface area (Å²) in [5, 5.41) is 47.6. The van der Waals surface area contributed by atoms with E-state index >= 15 is 0 Å². The second-order valence-electron chi connectivity index (χ2n) is 11.8. The van der Waals surface area contributed by atoms with Gasteiger partial charge in [-0.15, -0.1) is 5.10 Å². The Labute approximate surface area is 286 Å². The van der Waals surface area contributed by atoms with Gasteiger partial charge in [-0.2, -0.15) is 0 Å². The van der Waals surface area contributed by atoms with Crippen LogP contribution in [0.2, 0.25) is 0 Å². The number of aromatic nitrogens is 3. The zero-order valence-electron chi connectivity index (χ0n) is 28.1. The van der Waals surface area contributed by atoms with E-state index in [0.29, 0.717) is 17.5 Å². The first-order chi connectivity index (χ1) is 23.6. The number of fused-ring (bicyclic) bond motifs is 1. The van der Waals surface area contributed by atoms with Crippen LogP contribution in [0.3, 0.4) is 0 Å². The van der Waals surface area contributed by atoms with Crippen molar-refractivity contribution in [1.82, 2.24) is 41.7 Å². The number of aliphatic hydroxyl groups is 1. The molecule has 5 amide bonds. The topological polar surface area (TPSA) is 306 Å². The molecule has 50 heavy (non-hydrogen) atoms. The highest BCUT2D eigenvalue weighted by molar-refractivity contribution is 5.96. The van der Waals surface area contributed by atoms with Crippen LogP contribution in [0, 0.1) is 11.8 Å². The van der Waals surface area contributed by atoms with Gasteiger partial charge >= 0.3 is 11.9 Å². The fraction of sp³-hybridized carbons (Fsp3) is 0.567. The van der Waals surface area contributed by atoms with E-state index in [1.807, 2.05) is 0 Å². The number of benzene rings is 1. The number of hydrogen-bond donors (Lipinski definition) is 9. The van der Waals surface area contributed by atoms with Gasteiger partial charge in [0.25, 0.3) is 0 Å². The Bertz CT molecular complexity index is 1520. The Morgan fingerprint density at radius 2 is 1.52 bits per heavy atom. The maximum absolute atomic E-state index is 13.7. The Balaban J connectivity index is 2.34. The van der Waals surface area contributed by atoms with Gasteiger partial charge in [-0.25, -0.2) is 4.79 Å². The number of aliphatic carboxylic acids is 2. The second-order valence-corrected chi connectivity index (χ2v) is 11.8. The number of para-hydroxylation sites is 1. The molecule has 1 aromatic heterocycles. The van der Waals surface area contributed by atoms with Crippen molar-refractivity contribution in [2.75, 3.05) is 19.8 Å². The number of nitrogens with two attached hydrogens (primary N) is 1. The third-order valence-corrected chi connectivity index (χ3v) is 7.60. The van der Waals surface area contributed by atoms with E-state index in [0.717, 1.165) is 4.85 Å². The predicted molar refractivity (Wildman–Crippen MR) is 174 cm³/mol. The summed E-state index contributed by atoms with van der Waals surface area (Å²) in [5.74, 6) is -8.11. The lowest BCUT2D eigenvalue weighted by Gasteiger charge is -2.27. The van der Waals surface area contributed by atoms with Crippen molar-refractivity contribution in [3.8, 4) is 0 Å². The molecule has 0 radical (unpaired) electrons. The maximum atomic E-state index is 13.7. The maximum Gasteiger partial charge on any atom is 0.326 e. The van der Waals surface area contributed by atoms with Gasteiger partial charge in [0.15, 0.2) is 0 Å². The molecule has 0 unspecified atom stereocenters. The fourth-order valence-corrected chi connectivity index (χ4v) is 4.42. The van der Waals surface area contributed by atoms with Crippen LogP contribution in [0.25, 0.3) is 11.0 Å². The fourth-order valence-electron chi connectivity index (χ4n) is 4.42. The van der Waals surface area contributed by atoms with E-state index in [1.54, 1.807) is 52.0 Å². The quantitative estimate of drug-likeness (QED) is 0.0621. The van der Waals surface area contributed by atoms with Gasteiger partial charge < -0.3 is 52.5 Å². The van der Waals surface area contributed by atoms with Gasteiger partial charge in [-0.3, -0.25) is 28.8 Å². The van der Waals surface area contributed by atoms with Crippen molar-refractivity contribution in [2.45, 2.75) is 77.2 Å². The number of carboxylic acids is 2. The van der Waals surface area contributed by atoms with Gasteiger partial charge in [0.2, 0.25) is 29.5 Å². The van der Waals surface area contributed by atoms with Crippen molar-refractivity contribution >= 4 is 52.5 Å². The van der Waals surface area contributed by atoms with Crippen molar-refractivity contribution in [2.24, 2.45) is 17.6 Å². The molecule has 0 aliphatic rings. The summed E-state index contributed by atoms with van der Waals surface area (Å²) in [5.41, 5.74) is 6.29. The van der Waals surface area contributed by atoms with Crippen LogP contribution in [0.4, 0.5) is 0 Å². The summed E-state index contributed by atoms with van der Waals surface area (Å²) >= 11 is 0. The minimum absolute atomic E-state index is 0.391. The predicted octanol–water partition coefficient (Wildman–Crippen LogP) is -3.11. The van der Waals surface area contributed by atoms with Crippen LogP contribution in [0.1, 0.15) is 47.0 Å². The number of carboxylic acid groups (broad SMARTS) is 2. The molecule has 0 bridgehead atoms. The summed E-state index contributed by atoms with van der Waals surface area (Å²) in [6.07, 6.45) is -0.605. The number of nitrogens with one attached hydrogen (secondary N) is 5. The Kier molecular flexibility index (Phi) is 16.0. The number of carbonyl (C=O) groups is 7.